The molecule has 6 heteroatoms. The number of esters is 1. The minimum Gasteiger partial charge on any atom is -0.466 e. The zero-order valence-electron chi connectivity index (χ0n) is 17.0. The second-order valence-electron chi connectivity index (χ2n) is 8.10. The molecule has 0 N–H and O–H groups in total. The summed E-state index contributed by atoms with van der Waals surface area (Å²) in [6.07, 6.45) is 2.33. The highest BCUT2D eigenvalue weighted by Gasteiger charge is 2.36. The molecule has 1 aliphatic heterocycles. The lowest BCUT2D eigenvalue weighted by atomic mass is 9.87. The van der Waals surface area contributed by atoms with Gasteiger partial charge in [-0.3, -0.25) is 4.79 Å². The molecule has 1 saturated heterocycles. The molecule has 5 nitrogen and oxygen atoms in total. The largest absolute Gasteiger partial charge is 0.466 e. The Hall–Kier alpha value is -1.40. The minimum atomic E-state index is -3.37. The van der Waals surface area contributed by atoms with Crippen molar-refractivity contribution in [3.8, 4) is 0 Å². The van der Waals surface area contributed by atoms with Gasteiger partial charge in [0.1, 0.15) is 0 Å². The average Bonchev–Trinajstić information content (AvgIpc) is 2.63. The van der Waals surface area contributed by atoms with Crippen LogP contribution < -0.4 is 0 Å². The molecule has 2 atom stereocenters. The van der Waals surface area contributed by atoms with Gasteiger partial charge in [0.2, 0.25) is 0 Å². The summed E-state index contributed by atoms with van der Waals surface area (Å²) in [6.45, 7) is 10.4. The number of rotatable bonds is 8. The van der Waals surface area contributed by atoms with Crippen LogP contribution in [0.3, 0.4) is 0 Å². The van der Waals surface area contributed by atoms with Crippen LogP contribution in [0.2, 0.25) is 0 Å². The van der Waals surface area contributed by atoms with Crippen molar-refractivity contribution in [3.05, 3.63) is 30.3 Å². The summed E-state index contributed by atoms with van der Waals surface area (Å²) in [4.78, 5) is 14.8. The Morgan fingerprint density at radius 1 is 1.26 bits per heavy atom. The third-order valence-electron chi connectivity index (χ3n) is 5.67. The first-order chi connectivity index (χ1) is 12.7. The average molecular weight is 396 g/mol. The number of benzene rings is 1. The van der Waals surface area contributed by atoms with Gasteiger partial charge in [0.05, 0.1) is 22.2 Å². The van der Waals surface area contributed by atoms with E-state index in [0.29, 0.717) is 30.4 Å². The van der Waals surface area contributed by atoms with Gasteiger partial charge in [-0.05, 0) is 71.2 Å². The Balaban J connectivity index is 1.92. The van der Waals surface area contributed by atoms with Gasteiger partial charge in [0.15, 0.2) is 9.84 Å². The van der Waals surface area contributed by atoms with Gasteiger partial charge in [0, 0.05) is 6.54 Å². The summed E-state index contributed by atoms with van der Waals surface area (Å²) < 4.78 is 30.2. The summed E-state index contributed by atoms with van der Waals surface area (Å²) in [7, 11) is -3.37. The van der Waals surface area contributed by atoms with E-state index in [2.05, 4.69) is 11.8 Å². The normalized spacial score (nSPS) is 21.8. The van der Waals surface area contributed by atoms with Crippen molar-refractivity contribution < 1.29 is 17.9 Å². The van der Waals surface area contributed by atoms with E-state index >= 15 is 0 Å². The topological polar surface area (TPSA) is 63.7 Å². The van der Waals surface area contributed by atoms with Gasteiger partial charge in [-0.2, -0.15) is 0 Å². The highest BCUT2D eigenvalue weighted by molar-refractivity contribution is 7.92. The molecule has 0 spiro atoms. The van der Waals surface area contributed by atoms with Crippen molar-refractivity contribution in [3.63, 3.8) is 0 Å². The molecule has 1 aromatic rings. The van der Waals surface area contributed by atoms with Crippen molar-refractivity contribution in [2.24, 2.45) is 11.8 Å². The maximum Gasteiger partial charge on any atom is 0.310 e. The van der Waals surface area contributed by atoms with E-state index in [4.69, 9.17) is 4.74 Å². The number of carbonyl (C=O) groups excluding carboxylic acids is 1. The number of carbonyl (C=O) groups is 1. The number of ether oxygens (including phenoxy) is 1. The van der Waals surface area contributed by atoms with E-state index < -0.39 is 14.6 Å². The van der Waals surface area contributed by atoms with Crippen LogP contribution in [0.5, 0.6) is 0 Å². The molecule has 2 unspecified atom stereocenters. The number of hydrogen-bond donors (Lipinski definition) is 0. The number of hydrogen-bond acceptors (Lipinski definition) is 5. The van der Waals surface area contributed by atoms with Crippen LogP contribution in [0.1, 0.15) is 47.0 Å². The molecule has 1 fully saturated rings. The quantitative estimate of drug-likeness (QED) is 0.630. The van der Waals surface area contributed by atoms with Crippen molar-refractivity contribution >= 4 is 15.8 Å². The van der Waals surface area contributed by atoms with E-state index in [9.17, 15) is 13.2 Å². The van der Waals surface area contributed by atoms with Crippen molar-refractivity contribution in [1.82, 2.24) is 4.90 Å². The molecule has 2 rings (SSSR count). The van der Waals surface area contributed by atoms with Gasteiger partial charge < -0.3 is 9.64 Å². The molecule has 0 bridgehead atoms. The number of piperidine rings is 1. The Kier molecular flexibility index (Phi) is 7.46. The molecule has 0 saturated carbocycles. The lowest BCUT2D eigenvalue weighted by molar-refractivity contribution is -0.152. The highest BCUT2D eigenvalue weighted by Crippen LogP contribution is 2.30. The van der Waals surface area contributed by atoms with Gasteiger partial charge in [-0.1, -0.05) is 25.1 Å². The summed E-state index contributed by atoms with van der Waals surface area (Å²) in [5.41, 5.74) is 0. The summed E-state index contributed by atoms with van der Waals surface area (Å²) in [6, 6.07) is 8.66. The van der Waals surface area contributed by atoms with Crippen LogP contribution in [0, 0.1) is 11.8 Å². The SMILES string of the molecule is CCOC(=O)C1CN(CCCC(C)(C)S(=O)(=O)c2ccccc2)CCC1C. The van der Waals surface area contributed by atoms with Crippen LogP contribution in [-0.4, -0.2) is 50.3 Å². The van der Waals surface area contributed by atoms with Crippen LogP contribution in [0.4, 0.5) is 0 Å². The molecular weight excluding hydrogens is 362 g/mol. The Morgan fingerprint density at radius 3 is 2.56 bits per heavy atom. The van der Waals surface area contributed by atoms with Crippen molar-refractivity contribution in [1.29, 1.82) is 0 Å². The van der Waals surface area contributed by atoms with Crippen molar-refractivity contribution in [2.45, 2.75) is 56.6 Å². The summed E-state index contributed by atoms with van der Waals surface area (Å²) >= 11 is 0. The van der Waals surface area contributed by atoms with Gasteiger partial charge >= 0.3 is 5.97 Å². The Labute approximate surface area is 164 Å². The molecule has 1 aliphatic rings. The Bertz CT molecular complexity index is 715. The minimum absolute atomic E-state index is 0.0836. The molecule has 0 aliphatic carbocycles. The maximum absolute atomic E-state index is 12.9. The fourth-order valence-electron chi connectivity index (χ4n) is 3.68. The predicted octanol–water partition coefficient (Wildman–Crippen LogP) is 3.54. The molecule has 0 radical (unpaired) electrons. The lowest BCUT2D eigenvalue weighted by Gasteiger charge is -2.36. The molecule has 0 amide bonds. The van der Waals surface area contributed by atoms with Gasteiger partial charge in [0.25, 0.3) is 0 Å². The van der Waals surface area contributed by atoms with E-state index in [1.54, 1.807) is 38.1 Å². The van der Waals surface area contributed by atoms with E-state index in [1.807, 2.05) is 13.0 Å². The van der Waals surface area contributed by atoms with E-state index in [-0.39, 0.29) is 11.9 Å². The molecule has 1 heterocycles. The zero-order chi connectivity index (χ0) is 20.1. The lowest BCUT2D eigenvalue weighted by Crippen LogP contribution is -2.44. The highest BCUT2D eigenvalue weighted by atomic mass is 32.2. The van der Waals surface area contributed by atoms with E-state index in [0.717, 1.165) is 25.9 Å². The number of nitrogens with zero attached hydrogens (tertiary/aromatic N) is 1. The predicted molar refractivity (Wildman–Crippen MR) is 107 cm³/mol. The number of likely N-dealkylation sites (tertiary alicyclic amines) is 1. The third kappa shape index (κ3) is 5.32. The first kappa shape index (κ1) is 21.9. The molecule has 152 valence electrons. The second kappa shape index (κ2) is 9.20. The van der Waals surface area contributed by atoms with Gasteiger partial charge in [-0.25, -0.2) is 8.42 Å². The molecular formula is C21H33NO4S. The monoisotopic (exact) mass is 395 g/mol. The molecule has 1 aromatic carbocycles. The fourth-order valence-corrected chi connectivity index (χ4v) is 5.24. The summed E-state index contributed by atoms with van der Waals surface area (Å²) in [5.74, 6) is 0.136. The van der Waals surface area contributed by atoms with Crippen molar-refractivity contribution in [2.75, 3.05) is 26.2 Å². The molecule has 0 aromatic heterocycles. The third-order valence-corrected chi connectivity index (χ3v) is 8.22. The fraction of sp³-hybridized carbons (Fsp3) is 0.667. The van der Waals surface area contributed by atoms with Gasteiger partial charge in [-0.15, -0.1) is 0 Å². The Morgan fingerprint density at radius 2 is 1.93 bits per heavy atom. The van der Waals surface area contributed by atoms with Crippen LogP contribution in [0.15, 0.2) is 35.2 Å². The first-order valence-electron chi connectivity index (χ1n) is 9.87. The smallest absolute Gasteiger partial charge is 0.310 e. The standard InChI is InChI=1S/C21H33NO4S/c1-5-26-20(23)19-16-22(15-12-17(19)2)14-9-13-21(3,4)27(24,25)18-10-7-6-8-11-18/h6-8,10-11,17,19H,5,9,12-16H2,1-4H3. The first-order valence-corrected chi connectivity index (χ1v) is 11.4. The van der Waals surface area contributed by atoms with Crippen LogP contribution in [-0.2, 0) is 19.4 Å². The van der Waals surface area contributed by atoms with E-state index in [1.165, 1.54) is 0 Å². The maximum atomic E-state index is 12.9. The van der Waals surface area contributed by atoms with Crippen LogP contribution in [0.25, 0.3) is 0 Å². The molecule has 27 heavy (non-hydrogen) atoms. The summed E-state index contributed by atoms with van der Waals surface area (Å²) in [5, 5.41) is 0. The zero-order valence-corrected chi connectivity index (χ0v) is 17.8. The van der Waals surface area contributed by atoms with Crippen LogP contribution >= 0.6 is 0 Å². The second-order valence-corrected chi connectivity index (χ2v) is 10.7. The number of sulfone groups is 1.